The molecule has 0 bridgehead atoms. The minimum atomic E-state index is -4.53. The maximum atomic E-state index is 13.0. The molecule has 2 aromatic carbocycles. The first-order valence-corrected chi connectivity index (χ1v) is 8.31. The number of hydrogen-bond donors (Lipinski definition) is 1. The maximum absolute atomic E-state index is 13.0. The van der Waals surface area contributed by atoms with Crippen molar-refractivity contribution in [2.24, 2.45) is 0 Å². The van der Waals surface area contributed by atoms with E-state index in [1.165, 1.54) is 18.2 Å². The lowest BCUT2D eigenvalue weighted by Crippen LogP contribution is -2.16. The Bertz CT molecular complexity index is 959. The number of anilines is 1. The van der Waals surface area contributed by atoms with Crippen molar-refractivity contribution in [3.05, 3.63) is 82.7 Å². The van der Waals surface area contributed by atoms with Crippen molar-refractivity contribution in [3.8, 4) is 0 Å². The summed E-state index contributed by atoms with van der Waals surface area (Å²) < 4.78 is 41.0. The third-order valence-corrected chi connectivity index (χ3v) is 4.13. The van der Waals surface area contributed by atoms with Crippen LogP contribution in [-0.4, -0.2) is 15.7 Å². The SMILES string of the molecule is Cc1cc(C)n(Cc2ccc(C(=O)Nc3ccccc3C(F)(F)F)cc2)n1. The second kappa shape index (κ2) is 7.26. The topological polar surface area (TPSA) is 46.9 Å². The molecule has 7 heteroatoms. The van der Waals surface area contributed by atoms with Crippen LogP contribution in [0, 0.1) is 13.8 Å². The fourth-order valence-electron chi connectivity index (χ4n) is 2.80. The molecule has 1 aromatic heterocycles. The van der Waals surface area contributed by atoms with Gasteiger partial charge in [0.05, 0.1) is 23.5 Å². The van der Waals surface area contributed by atoms with Gasteiger partial charge >= 0.3 is 6.18 Å². The standard InChI is InChI=1S/C20H18F3N3O/c1-13-11-14(2)26(25-13)12-15-7-9-16(10-8-15)19(27)24-18-6-4-3-5-17(18)20(21,22)23/h3-11H,12H2,1-2H3,(H,24,27). The molecule has 0 unspecified atom stereocenters. The Balaban J connectivity index is 1.74. The highest BCUT2D eigenvalue weighted by atomic mass is 19.4. The van der Waals surface area contributed by atoms with Crippen LogP contribution in [0.1, 0.15) is 32.9 Å². The highest BCUT2D eigenvalue weighted by molar-refractivity contribution is 6.04. The zero-order valence-electron chi connectivity index (χ0n) is 14.8. The van der Waals surface area contributed by atoms with Crippen LogP contribution in [0.25, 0.3) is 0 Å². The number of para-hydroxylation sites is 1. The Morgan fingerprint density at radius 1 is 1.07 bits per heavy atom. The number of benzene rings is 2. The van der Waals surface area contributed by atoms with Crippen LogP contribution in [-0.2, 0) is 12.7 Å². The monoisotopic (exact) mass is 373 g/mol. The van der Waals surface area contributed by atoms with E-state index >= 15 is 0 Å². The molecular formula is C20H18F3N3O. The van der Waals surface area contributed by atoms with Crippen molar-refractivity contribution in [2.75, 3.05) is 5.32 Å². The van der Waals surface area contributed by atoms with Gasteiger partial charge in [0.1, 0.15) is 0 Å². The Labute approximate surface area is 154 Å². The molecule has 0 saturated carbocycles. The molecule has 0 saturated heterocycles. The molecule has 4 nitrogen and oxygen atoms in total. The van der Waals surface area contributed by atoms with E-state index in [9.17, 15) is 18.0 Å². The first-order valence-electron chi connectivity index (χ1n) is 8.31. The summed E-state index contributed by atoms with van der Waals surface area (Å²) in [7, 11) is 0. The van der Waals surface area contributed by atoms with E-state index in [1.807, 2.05) is 24.6 Å². The maximum Gasteiger partial charge on any atom is 0.418 e. The zero-order chi connectivity index (χ0) is 19.6. The molecule has 0 aliphatic carbocycles. The van der Waals surface area contributed by atoms with Gasteiger partial charge in [-0.1, -0.05) is 24.3 Å². The molecule has 0 fully saturated rings. The highest BCUT2D eigenvalue weighted by Crippen LogP contribution is 2.34. The van der Waals surface area contributed by atoms with Gasteiger partial charge in [-0.15, -0.1) is 0 Å². The summed E-state index contributed by atoms with van der Waals surface area (Å²) in [6.07, 6.45) is -4.53. The summed E-state index contributed by atoms with van der Waals surface area (Å²) in [4.78, 5) is 12.3. The molecule has 0 aliphatic rings. The van der Waals surface area contributed by atoms with E-state index in [-0.39, 0.29) is 11.3 Å². The predicted molar refractivity (Wildman–Crippen MR) is 96.6 cm³/mol. The molecule has 140 valence electrons. The van der Waals surface area contributed by atoms with Gasteiger partial charge < -0.3 is 5.32 Å². The lowest BCUT2D eigenvalue weighted by molar-refractivity contribution is -0.136. The number of carbonyl (C=O) groups excluding carboxylic acids is 1. The Kier molecular flexibility index (Phi) is 5.03. The number of rotatable bonds is 4. The van der Waals surface area contributed by atoms with Gasteiger partial charge in [-0.05, 0) is 49.7 Å². The van der Waals surface area contributed by atoms with Crippen LogP contribution in [0.15, 0.2) is 54.6 Å². The molecule has 1 N–H and O–H groups in total. The van der Waals surface area contributed by atoms with Crippen LogP contribution >= 0.6 is 0 Å². The second-order valence-electron chi connectivity index (χ2n) is 6.28. The molecule has 27 heavy (non-hydrogen) atoms. The van der Waals surface area contributed by atoms with Gasteiger partial charge in [0.15, 0.2) is 0 Å². The molecule has 1 amide bonds. The minimum absolute atomic E-state index is 0.262. The van der Waals surface area contributed by atoms with Gasteiger partial charge in [-0.25, -0.2) is 0 Å². The number of aryl methyl sites for hydroxylation is 2. The van der Waals surface area contributed by atoms with E-state index in [4.69, 9.17) is 0 Å². The number of alkyl halides is 3. The Morgan fingerprint density at radius 3 is 2.33 bits per heavy atom. The fourth-order valence-corrected chi connectivity index (χ4v) is 2.80. The van der Waals surface area contributed by atoms with Gasteiger partial charge in [0.25, 0.3) is 5.91 Å². The average molecular weight is 373 g/mol. The highest BCUT2D eigenvalue weighted by Gasteiger charge is 2.33. The number of hydrogen-bond acceptors (Lipinski definition) is 2. The molecule has 0 radical (unpaired) electrons. The summed E-state index contributed by atoms with van der Waals surface area (Å²) in [6, 6.07) is 13.6. The Hall–Kier alpha value is -3.09. The normalized spacial score (nSPS) is 11.4. The number of amides is 1. The van der Waals surface area contributed by atoms with Crippen LogP contribution in [0.2, 0.25) is 0 Å². The summed E-state index contributed by atoms with van der Waals surface area (Å²) in [6.45, 7) is 4.42. The lowest BCUT2D eigenvalue weighted by atomic mass is 10.1. The third kappa shape index (κ3) is 4.36. The quantitative estimate of drug-likeness (QED) is 0.713. The predicted octanol–water partition coefficient (Wildman–Crippen LogP) is 4.82. The van der Waals surface area contributed by atoms with E-state index in [0.29, 0.717) is 6.54 Å². The molecule has 0 aliphatic heterocycles. The number of nitrogens with one attached hydrogen (secondary N) is 1. The summed E-state index contributed by atoms with van der Waals surface area (Å²) in [5.74, 6) is -0.593. The van der Waals surface area contributed by atoms with Crippen molar-refractivity contribution in [1.82, 2.24) is 9.78 Å². The van der Waals surface area contributed by atoms with Crippen molar-refractivity contribution < 1.29 is 18.0 Å². The zero-order valence-corrected chi connectivity index (χ0v) is 14.8. The summed E-state index contributed by atoms with van der Waals surface area (Å²) in [5, 5.41) is 6.72. The third-order valence-electron chi connectivity index (χ3n) is 4.13. The number of carbonyl (C=O) groups is 1. The molecular weight excluding hydrogens is 355 g/mol. The summed E-state index contributed by atoms with van der Waals surface area (Å²) >= 11 is 0. The number of aromatic nitrogens is 2. The van der Waals surface area contributed by atoms with Gasteiger partial charge in [-0.3, -0.25) is 9.48 Å². The van der Waals surface area contributed by atoms with E-state index < -0.39 is 17.6 Å². The van der Waals surface area contributed by atoms with Gasteiger partial charge in [0.2, 0.25) is 0 Å². The van der Waals surface area contributed by atoms with E-state index in [0.717, 1.165) is 23.0 Å². The van der Waals surface area contributed by atoms with E-state index in [2.05, 4.69) is 10.4 Å². The lowest BCUT2D eigenvalue weighted by Gasteiger charge is -2.13. The van der Waals surface area contributed by atoms with Crippen LogP contribution in [0.3, 0.4) is 0 Å². The molecule has 1 heterocycles. The van der Waals surface area contributed by atoms with E-state index in [1.54, 1.807) is 24.3 Å². The molecule has 3 aromatic rings. The van der Waals surface area contributed by atoms with Crippen molar-refractivity contribution in [3.63, 3.8) is 0 Å². The average Bonchev–Trinajstić information content (AvgIpc) is 2.92. The summed E-state index contributed by atoms with van der Waals surface area (Å²) in [5.41, 5.74) is 2.03. The molecule has 3 rings (SSSR count). The largest absolute Gasteiger partial charge is 0.418 e. The van der Waals surface area contributed by atoms with Crippen molar-refractivity contribution >= 4 is 11.6 Å². The number of nitrogens with zero attached hydrogens (tertiary/aromatic N) is 2. The van der Waals surface area contributed by atoms with Crippen molar-refractivity contribution in [2.45, 2.75) is 26.6 Å². The molecule has 0 atom stereocenters. The minimum Gasteiger partial charge on any atom is -0.321 e. The first-order chi connectivity index (χ1) is 12.7. The van der Waals surface area contributed by atoms with Crippen LogP contribution in [0.4, 0.5) is 18.9 Å². The first kappa shape index (κ1) is 18.7. The second-order valence-corrected chi connectivity index (χ2v) is 6.28. The van der Waals surface area contributed by atoms with Gasteiger partial charge in [-0.2, -0.15) is 18.3 Å². The Morgan fingerprint density at radius 2 is 1.74 bits per heavy atom. The molecule has 0 spiro atoms. The fraction of sp³-hybridized carbons (Fsp3) is 0.200. The van der Waals surface area contributed by atoms with Crippen LogP contribution in [0.5, 0.6) is 0 Å². The van der Waals surface area contributed by atoms with Crippen molar-refractivity contribution in [1.29, 1.82) is 0 Å². The number of halogens is 3. The smallest absolute Gasteiger partial charge is 0.321 e. The van der Waals surface area contributed by atoms with Crippen LogP contribution < -0.4 is 5.32 Å². The van der Waals surface area contributed by atoms with Gasteiger partial charge in [0, 0.05) is 11.3 Å².